The number of aliphatic carboxylic acids is 1. The Morgan fingerprint density at radius 2 is 1.38 bits per heavy atom. The third-order valence-corrected chi connectivity index (χ3v) is 5.54. The molecule has 3 N–H and O–H groups in total. The van der Waals surface area contributed by atoms with Crippen LogP contribution in [0.4, 0.5) is 0 Å². The zero-order valence-electron chi connectivity index (χ0n) is 18.7. The number of carbonyl (C=O) groups excluding carboxylic acids is 3. The number of halogens is 2. The lowest BCUT2D eigenvalue weighted by Gasteiger charge is -2.21. The highest BCUT2D eigenvalue weighted by Gasteiger charge is 2.26. The van der Waals surface area contributed by atoms with Crippen LogP contribution in [0.3, 0.4) is 0 Å². The number of hydrogen-bond acceptors (Lipinski definition) is 5. The molecule has 0 saturated carbocycles. The number of alkyl halides is 2. The van der Waals surface area contributed by atoms with E-state index in [2.05, 4.69) is 42.5 Å². The number of nitrogens with one attached hydrogen (secondary N) is 2. The van der Waals surface area contributed by atoms with Crippen molar-refractivity contribution < 1.29 is 29.0 Å². The maximum absolute atomic E-state index is 12.6. The van der Waals surface area contributed by atoms with Gasteiger partial charge in [-0.1, -0.05) is 92.5 Å². The normalized spacial score (nSPS) is 11.9. The van der Waals surface area contributed by atoms with E-state index in [4.69, 9.17) is 4.74 Å². The summed E-state index contributed by atoms with van der Waals surface area (Å²) in [7, 11) is 0. The van der Waals surface area contributed by atoms with Crippen LogP contribution in [0.15, 0.2) is 60.7 Å². The smallest absolute Gasteiger partial charge is 0.328 e. The first-order valence-corrected chi connectivity index (χ1v) is 12.6. The van der Waals surface area contributed by atoms with Crippen molar-refractivity contribution >= 4 is 55.4 Å². The van der Waals surface area contributed by atoms with Gasteiger partial charge in [0, 0.05) is 13.3 Å². The monoisotopic (exact) mass is 598 g/mol. The standard InChI is InChI=1S/C21H24N2O5.C3H4Br2O/c1-15(24)22-18(12-16-8-4-2-5-9-16)20(25)23-19(21(26)27)14-28-13-17-10-6-3-7-11-17;4-1-3(6)2-5/h2-11,18-19H,12-14H2,1H3,(H,22,24)(H,23,25)(H,26,27);1-2H2/t18-,19-;/m0./s1. The zero-order valence-corrected chi connectivity index (χ0v) is 21.9. The van der Waals surface area contributed by atoms with E-state index in [-0.39, 0.29) is 31.3 Å². The number of ketones is 1. The molecular weight excluding hydrogens is 572 g/mol. The number of carbonyl (C=O) groups is 4. The number of Topliss-reactive ketones (excluding diaryl/α,β-unsaturated/α-hetero) is 1. The summed E-state index contributed by atoms with van der Waals surface area (Å²) >= 11 is 5.99. The molecule has 0 heterocycles. The summed E-state index contributed by atoms with van der Waals surface area (Å²) in [5, 5.41) is 15.3. The van der Waals surface area contributed by atoms with E-state index in [1.807, 2.05) is 60.7 Å². The molecule has 0 fully saturated rings. The first kappa shape index (κ1) is 29.5. The van der Waals surface area contributed by atoms with Crippen LogP contribution in [-0.2, 0) is 36.9 Å². The van der Waals surface area contributed by atoms with Crippen molar-refractivity contribution in [1.82, 2.24) is 10.6 Å². The van der Waals surface area contributed by atoms with Gasteiger partial charge in [0.1, 0.15) is 6.04 Å². The molecule has 0 aliphatic heterocycles. The number of benzene rings is 2. The Morgan fingerprint density at radius 3 is 1.82 bits per heavy atom. The average Bonchev–Trinajstić information content (AvgIpc) is 2.83. The molecule has 0 aliphatic rings. The van der Waals surface area contributed by atoms with Gasteiger partial charge in [-0.15, -0.1) is 0 Å². The Morgan fingerprint density at radius 1 is 0.853 bits per heavy atom. The van der Waals surface area contributed by atoms with Crippen molar-refractivity contribution in [3.8, 4) is 0 Å². The molecule has 0 spiro atoms. The molecule has 2 atom stereocenters. The minimum atomic E-state index is -1.22. The van der Waals surface area contributed by atoms with Gasteiger partial charge < -0.3 is 20.5 Å². The van der Waals surface area contributed by atoms with Gasteiger partial charge in [-0.3, -0.25) is 14.4 Å². The molecule has 0 unspecified atom stereocenters. The molecule has 34 heavy (non-hydrogen) atoms. The number of carboxylic acid groups (broad SMARTS) is 1. The van der Waals surface area contributed by atoms with E-state index in [1.165, 1.54) is 6.92 Å². The summed E-state index contributed by atoms with van der Waals surface area (Å²) in [5.74, 6) is -1.98. The number of rotatable bonds is 12. The maximum Gasteiger partial charge on any atom is 0.328 e. The third kappa shape index (κ3) is 12.6. The minimum Gasteiger partial charge on any atom is -0.480 e. The molecule has 10 heteroatoms. The second-order valence-electron chi connectivity index (χ2n) is 7.15. The highest BCUT2D eigenvalue weighted by Crippen LogP contribution is 2.05. The second-order valence-corrected chi connectivity index (χ2v) is 8.27. The van der Waals surface area contributed by atoms with E-state index in [0.717, 1.165) is 11.1 Å². The van der Waals surface area contributed by atoms with Crippen LogP contribution in [-0.4, -0.2) is 58.0 Å². The van der Waals surface area contributed by atoms with Gasteiger partial charge in [0.15, 0.2) is 11.8 Å². The van der Waals surface area contributed by atoms with Crippen LogP contribution < -0.4 is 10.6 Å². The predicted octanol–water partition coefficient (Wildman–Crippen LogP) is 2.87. The summed E-state index contributed by atoms with van der Waals surface area (Å²) in [4.78, 5) is 45.6. The molecule has 2 rings (SSSR count). The van der Waals surface area contributed by atoms with Gasteiger partial charge in [-0.25, -0.2) is 4.79 Å². The Kier molecular flexibility index (Phi) is 14.7. The van der Waals surface area contributed by atoms with Crippen LogP contribution in [0.1, 0.15) is 18.1 Å². The average molecular weight is 600 g/mol. The topological polar surface area (TPSA) is 122 Å². The Bertz CT molecular complexity index is 906. The minimum absolute atomic E-state index is 0.176. The van der Waals surface area contributed by atoms with Crippen molar-refractivity contribution in [2.45, 2.75) is 32.0 Å². The molecule has 184 valence electrons. The fourth-order valence-electron chi connectivity index (χ4n) is 2.66. The van der Waals surface area contributed by atoms with Crippen LogP contribution in [0.2, 0.25) is 0 Å². The lowest BCUT2D eigenvalue weighted by Crippen LogP contribution is -2.53. The quantitative estimate of drug-likeness (QED) is 0.323. The summed E-state index contributed by atoms with van der Waals surface area (Å²) in [6.45, 7) is 1.36. The van der Waals surface area contributed by atoms with Crippen LogP contribution in [0.5, 0.6) is 0 Å². The van der Waals surface area contributed by atoms with Crippen molar-refractivity contribution in [2.75, 3.05) is 17.3 Å². The molecule has 0 radical (unpaired) electrons. The van der Waals surface area contributed by atoms with Crippen LogP contribution in [0.25, 0.3) is 0 Å². The summed E-state index contributed by atoms with van der Waals surface area (Å²) in [6.07, 6.45) is 0.253. The van der Waals surface area contributed by atoms with E-state index in [0.29, 0.717) is 10.7 Å². The lowest BCUT2D eigenvalue weighted by molar-refractivity contribution is -0.144. The van der Waals surface area contributed by atoms with E-state index in [9.17, 15) is 24.3 Å². The molecule has 2 aromatic rings. The molecule has 0 aromatic heterocycles. The van der Waals surface area contributed by atoms with Crippen LogP contribution >= 0.6 is 31.9 Å². The summed E-state index contributed by atoms with van der Waals surface area (Å²) < 4.78 is 5.44. The largest absolute Gasteiger partial charge is 0.480 e. The molecule has 8 nitrogen and oxygen atoms in total. The highest BCUT2D eigenvalue weighted by molar-refractivity contribution is 9.10. The second kappa shape index (κ2) is 17.0. The number of hydrogen-bond donors (Lipinski definition) is 3. The third-order valence-electron chi connectivity index (χ3n) is 4.29. The maximum atomic E-state index is 12.6. The van der Waals surface area contributed by atoms with E-state index in [1.54, 1.807) is 0 Å². The van der Waals surface area contributed by atoms with Gasteiger partial charge in [-0.05, 0) is 11.1 Å². The fourth-order valence-corrected chi connectivity index (χ4v) is 3.58. The molecule has 0 saturated heterocycles. The molecule has 0 aliphatic carbocycles. The van der Waals surface area contributed by atoms with Crippen molar-refractivity contribution in [3.63, 3.8) is 0 Å². The summed E-state index contributed by atoms with van der Waals surface area (Å²) in [5.41, 5.74) is 1.75. The molecule has 2 aromatic carbocycles. The first-order valence-electron chi connectivity index (χ1n) is 10.4. The van der Waals surface area contributed by atoms with Gasteiger partial charge >= 0.3 is 5.97 Å². The Labute approximate surface area is 215 Å². The number of carboxylic acids is 1. The van der Waals surface area contributed by atoms with Gasteiger partial charge in [-0.2, -0.15) is 0 Å². The SMILES string of the molecule is CC(=O)N[C@@H](Cc1ccccc1)C(=O)N[C@@H](COCc1ccccc1)C(=O)O.O=C(CBr)CBr. The first-order chi connectivity index (χ1) is 16.3. The van der Waals surface area contributed by atoms with Crippen molar-refractivity contribution in [3.05, 3.63) is 71.8 Å². The highest BCUT2D eigenvalue weighted by atomic mass is 79.9. The Balaban J connectivity index is 0.000000852. The van der Waals surface area contributed by atoms with Crippen molar-refractivity contribution in [1.29, 1.82) is 0 Å². The fraction of sp³-hybridized carbons (Fsp3) is 0.333. The van der Waals surface area contributed by atoms with E-state index >= 15 is 0 Å². The van der Waals surface area contributed by atoms with Gasteiger partial charge in [0.25, 0.3) is 0 Å². The van der Waals surface area contributed by atoms with E-state index < -0.39 is 24.0 Å². The van der Waals surface area contributed by atoms with Crippen molar-refractivity contribution in [2.24, 2.45) is 0 Å². The molecular formula is C24H28Br2N2O6. The summed E-state index contributed by atoms with van der Waals surface area (Å²) in [6, 6.07) is 16.4. The number of amides is 2. The van der Waals surface area contributed by atoms with Gasteiger partial charge in [0.2, 0.25) is 11.8 Å². The zero-order chi connectivity index (χ0) is 25.3. The van der Waals surface area contributed by atoms with Crippen LogP contribution in [0, 0.1) is 0 Å². The van der Waals surface area contributed by atoms with Gasteiger partial charge in [0.05, 0.1) is 23.9 Å². The Hall–Kier alpha value is -2.56. The molecule has 0 bridgehead atoms. The number of ether oxygens (including phenoxy) is 1. The lowest BCUT2D eigenvalue weighted by atomic mass is 10.0. The molecule has 2 amide bonds. The predicted molar refractivity (Wildman–Crippen MR) is 136 cm³/mol.